The quantitative estimate of drug-likeness (QED) is 0.675. The summed E-state index contributed by atoms with van der Waals surface area (Å²) in [5, 5.41) is 9.23. The maximum Gasteiger partial charge on any atom is 0.159 e. The van der Waals surface area contributed by atoms with Crippen molar-refractivity contribution in [1.29, 1.82) is 0 Å². The molecule has 2 aromatic heterocycles. The van der Waals surface area contributed by atoms with Gasteiger partial charge in [-0.15, -0.1) is 0 Å². The summed E-state index contributed by atoms with van der Waals surface area (Å²) in [6, 6.07) is 2.04. The van der Waals surface area contributed by atoms with Crippen molar-refractivity contribution in [3.05, 3.63) is 28.6 Å². The molecule has 0 bridgehead atoms. The monoisotopic (exact) mass is 278 g/mol. The number of nitrogens with zero attached hydrogens (tertiary/aromatic N) is 3. The summed E-state index contributed by atoms with van der Waals surface area (Å²) in [5.74, 6) is 0. The van der Waals surface area contributed by atoms with Gasteiger partial charge in [-0.1, -0.05) is 30.7 Å². The summed E-state index contributed by atoms with van der Waals surface area (Å²) < 4.78 is 1.76. The first-order valence-corrected chi connectivity index (χ1v) is 6.88. The fourth-order valence-electron chi connectivity index (χ4n) is 2.00. The number of rotatable bonds is 5. The molecule has 0 unspecified atom stereocenters. The molecule has 0 aliphatic rings. The molecule has 19 heavy (non-hydrogen) atoms. The Morgan fingerprint density at radius 3 is 3.00 bits per heavy atom. The smallest absolute Gasteiger partial charge is 0.159 e. The lowest BCUT2D eigenvalue weighted by molar-refractivity contribution is 0.730. The lowest BCUT2D eigenvalue weighted by Gasteiger charge is -2.00. The Hall–Kier alpha value is -1.39. The predicted octanol–water partition coefficient (Wildman–Crippen LogP) is 2.94. The number of fused-ring (bicyclic) bond motifs is 1. The summed E-state index contributed by atoms with van der Waals surface area (Å²) in [6.45, 7) is 6.00. The lowest BCUT2D eigenvalue weighted by Crippen LogP contribution is -2.13. The van der Waals surface area contributed by atoms with Gasteiger partial charge in [-0.25, -0.2) is 4.98 Å². The van der Waals surface area contributed by atoms with Gasteiger partial charge >= 0.3 is 0 Å². The number of pyridine rings is 1. The molecule has 102 valence electrons. The highest BCUT2D eigenvalue weighted by atomic mass is 35.5. The van der Waals surface area contributed by atoms with E-state index in [1.54, 1.807) is 4.68 Å². The highest BCUT2D eigenvalue weighted by Crippen LogP contribution is 2.23. The van der Waals surface area contributed by atoms with Crippen LogP contribution in [0.4, 0.5) is 0 Å². The van der Waals surface area contributed by atoms with Gasteiger partial charge in [0.05, 0.1) is 5.69 Å². The van der Waals surface area contributed by atoms with E-state index >= 15 is 0 Å². The molecule has 4 nitrogen and oxygen atoms in total. The van der Waals surface area contributed by atoms with Crippen LogP contribution in [0, 0.1) is 6.92 Å². The Morgan fingerprint density at radius 2 is 2.26 bits per heavy atom. The molecular weight excluding hydrogens is 260 g/mol. The van der Waals surface area contributed by atoms with Crippen molar-refractivity contribution >= 4 is 28.7 Å². The SMILES string of the molecule is CCCNCC=Cc1cc2c(C)nn(C)c2nc1Cl. The van der Waals surface area contributed by atoms with Gasteiger partial charge in [0.1, 0.15) is 5.15 Å². The van der Waals surface area contributed by atoms with Crippen LogP contribution < -0.4 is 5.32 Å². The second kappa shape index (κ2) is 6.17. The first kappa shape index (κ1) is 14.0. The van der Waals surface area contributed by atoms with Crippen LogP contribution in [-0.4, -0.2) is 27.9 Å². The summed E-state index contributed by atoms with van der Waals surface area (Å²) in [7, 11) is 1.88. The zero-order valence-corrected chi connectivity index (χ0v) is 12.3. The Bertz CT molecular complexity index is 601. The number of aromatic nitrogens is 3. The molecule has 5 heteroatoms. The van der Waals surface area contributed by atoms with Crippen LogP contribution in [0.25, 0.3) is 17.1 Å². The first-order valence-electron chi connectivity index (χ1n) is 6.50. The van der Waals surface area contributed by atoms with Crippen molar-refractivity contribution in [3.63, 3.8) is 0 Å². The highest BCUT2D eigenvalue weighted by Gasteiger charge is 2.09. The van der Waals surface area contributed by atoms with Crippen LogP contribution in [0.5, 0.6) is 0 Å². The van der Waals surface area contributed by atoms with Crippen molar-refractivity contribution in [2.75, 3.05) is 13.1 Å². The van der Waals surface area contributed by atoms with E-state index in [1.807, 2.05) is 26.1 Å². The molecular formula is C14H19ClN4. The van der Waals surface area contributed by atoms with Gasteiger partial charge in [0.15, 0.2) is 5.65 Å². The van der Waals surface area contributed by atoms with E-state index in [0.29, 0.717) is 5.15 Å². The molecule has 0 radical (unpaired) electrons. The van der Waals surface area contributed by atoms with Gasteiger partial charge < -0.3 is 5.32 Å². The molecule has 0 fully saturated rings. The van der Waals surface area contributed by atoms with Gasteiger partial charge in [0.25, 0.3) is 0 Å². The van der Waals surface area contributed by atoms with Gasteiger partial charge in [0, 0.05) is 24.5 Å². The van der Waals surface area contributed by atoms with E-state index < -0.39 is 0 Å². The van der Waals surface area contributed by atoms with Crippen molar-refractivity contribution in [1.82, 2.24) is 20.1 Å². The third kappa shape index (κ3) is 3.14. The molecule has 0 saturated heterocycles. The summed E-state index contributed by atoms with van der Waals surface area (Å²) in [6.07, 6.45) is 5.21. The number of hydrogen-bond donors (Lipinski definition) is 1. The van der Waals surface area contributed by atoms with Crippen LogP contribution in [0.15, 0.2) is 12.1 Å². The molecule has 0 amide bonds. The fraction of sp³-hybridized carbons (Fsp3) is 0.429. The van der Waals surface area contributed by atoms with E-state index in [4.69, 9.17) is 11.6 Å². The maximum absolute atomic E-state index is 6.20. The molecule has 2 heterocycles. The highest BCUT2D eigenvalue weighted by molar-refractivity contribution is 6.31. The van der Waals surface area contributed by atoms with Gasteiger partial charge in [-0.05, 0) is 26.0 Å². The van der Waals surface area contributed by atoms with Crippen molar-refractivity contribution < 1.29 is 0 Å². The molecule has 2 aromatic rings. The minimum Gasteiger partial charge on any atom is -0.313 e. The number of hydrogen-bond acceptors (Lipinski definition) is 3. The third-order valence-electron chi connectivity index (χ3n) is 2.97. The minimum atomic E-state index is 0.516. The molecule has 0 aliphatic heterocycles. The molecule has 0 spiro atoms. The number of nitrogens with one attached hydrogen (secondary N) is 1. The second-order valence-electron chi connectivity index (χ2n) is 4.56. The van der Waals surface area contributed by atoms with Gasteiger partial charge in [0.2, 0.25) is 0 Å². The Morgan fingerprint density at radius 1 is 1.47 bits per heavy atom. The third-order valence-corrected chi connectivity index (χ3v) is 3.27. The minimum absolute atomic E-state index is 0.516. The Labute approximate surface area is 118 Å². The maximum atomic E-state index is 6.20. The fourth-order valence-corrected chi connectivity index (χ4v) is 2.20. The van der Waals surface area contributed by atoms with Crippen LogP contribution in [0.3, 0.4) is 0 Å². The standard InChI is InChI=1S/C14H19ClN4/c1-4-7-16-8-5-6-11-9-12-10(2)18-19(3)14(12)17-13(11)15/h5-6,9,16H,4,7-8H2,1-3H3. The Balaban J connectivity index is 2.23. The van der Waals surface area contributed by atoms with E-state index in [9.17, 15) is 0 Å². The van der Waals surface area contributed by atoms with E-state index in [-0.39, 0.29) is 0 Å². The summed E-state index contributed by atoms with van der Waals surface area (Å²) in [5.41, 5.74) is 2.73. The average Bonchev–Trinajstić information content (AvgIpc) is 2.64. The summed E-state index contributed by atoms with van der Waals surface area (Å²) in [4.78, 5) is 4.41. The van der Waals surface area contributed by atoms with Crippen LogP contribution in [0.2, 0.25) is 5.15 Å². The van der Waals surface area contributed by atoms with Crippen molar-refractivity contribution in [2.24, 2.45) is 7.05 Å². The van der Waals surface area contributed by atoms with E-state index in [2.05, 4.69) is 28.4 Å². The zero-order chi connectivity index (χ0) is 13.8. The number of halogens is 1. The molecule has 0 atom stereocenters. The normalized spacial score (nSPS) is 11.8. The second-order valence-corrected chi connectivity index (χ2v) is 4.91. The summed E-state index contributed by atoms with van der Waals surface area (Å²) >= 11 is 6.20. The van der Waals surface area contributed by atoms with Crippen molar-refractivity contribution in [3.8, 4) is 0 Å². The van der Waals surface area contributed by atoms with E-state index in [0.717, 1.165) is 41.8 Å². The first-order chi connectivity index (χ1) is 9.13. The molecule has 0 aromatic carbocycles. The van der Waals surface area contributed by atoms with Gasteiger partial charge in [-0.2, -0.15) is 5.10 Å². The van der Waals surface area contributed by atoms with Gasteiger partial charge in [-0.3, -0.25) is 4.68 Å². The molecule has 0 aliphatic carbocycles. The molecule has 1 N–H and O–H groups in total. The number of aryl methyl sites for hydroxylation is 2. The van der Waals surface area contributed by atoms with Crippen LogP contribution >= 0.6 is 11.6 Å². The average molecular weight is 279 g/mol. The molecule has 0 saturated carbocycles. The zero-order valence-electron chi connectivity index (χ0n) is 11.6. The lowest BCUT2D eigenvalue weighted by atomic mass is 10.2. The largest absolute Gasteiger partial charge is 0.313 e. The van der Waals surface area contributed by atoms with E-state index in [1.165, 1.54) is 0 Å². The Kier molecular flexibility index (Phi) is 4.56. The van der Waals surface area contributed by atoms with Crippen LogP contribution in [-0.2, 0) is 7.05 Å². The predicted molar refractivity (Wildman–Crippen MR) is 80.5 cm³/mol. The topological polar surface area (TPSA) is 42.7 Å². The van der Waals surface area contributed by atoms with Crippen LogP contribution in [0.1, 0.15) is 24.6 Å². The van der Waals surface area contributed by atoms with Crippen molar-refractivity contribution in [2.45, 2.75) is 20.3 Å². The molecule has 2 rings (SSSR count).